The number of oxazole rings is 1. The third kappa shape index (κ3) is 2.83. The van der Waals surface area contributed by atoms with Gasteiger partial charge in [-0.15, -0.1) is 10.2 Å². The van der Waals surface area contributed by atoms with E-state index in [1.807, 2.05) is 19.0 Å². The highest BCUT2D eigenvalue weighted by Crippen LogP contribution is 2.33. The second-order valence-corrected chi connectivity index (χ2v) is 6.47. The van der Waals surface area contributed by atoms with Crippen molar-refractivity contribution in [2.24, 2.45) is 0 Å². The number of carboxylic acids is 1. The van der Waals surface area contributed by atoms with Gasteiger partial charge in [0.2, 0.25) is 5.13 Å². The van der Waals surface area contributed by atoms with Crippen molar-refractivity contribution in [1.82, 2.24) is 15.2 Å². The fraction of sp³-hybridized carbons (Fsp3) is 0.167. The third-order valence-electron chi connectivity index (χ3n) is 2.57. The Kier molecular flexibility index (Phi) is 3.52. The molecule has 0 atom stereocenters. The number of carbonyl (C=O) groups is 1. The van der Waals surface area contributed by atoms with E-state index in [4.69, 9.17) is 9.52 Å². The van der Waals surface area contributed by atoms with E-state index in [0.717, 1.165) is 5.13 Å². The summed E-state index contributed by atoms with van der Waals surface area (Å²) in [5.74, 6) is -0.998. The Morgan fingerprint density at radius 1 is 1.38 bits per heavy atom. The van der Waals surface area contributed by atoms with Crippen LogP contribution >= 0.6 is 23.1 Å². The van der Waals surface area contributed by atoms with Gasteiger partial charge in [-0.25, -0.2) is 9.78 Å². The molecule has 3 aromatic rings. The zero-order chi connectivity index (χ0) is 15.0. The van der Waals surface area contributed by atoms with Crippen LogP contribution in [0.3, 0.4) is 0 Å². The van der Waals surface area contributed by atoms with Gasteiger partial charge in [-0.2, -0.15) is 0 Å². The first-order valence-corrected chi connectivity index (χ1v) is 7.49. The molecule has 0 fully saturated rings. The number of fused-ring (bicyclic) bond motifs is 1. The van der Waals surface area contributed by atoms with Gasteiger partial charge in [-0.05, 0) is 18.2 Å². The molecule has 1 aromatic carbocycles. The number of rotatable bonds is 4. The number of hydrogen-bond acceptors (Lipinski definition) is 8. The molecule has 3 rings (SSSR count). The van der Waals surface area contributed by atoms with Crippen LogP contribution in [-0.2, 0) is 0 Å². The number of benzene rings is 1. The van der Waals surface area contributed by atoms with Crippen LogP contribution < -0.4 is 4.90 Å². The predicted octanol–water partition coefficient (Wildman–Crippen LogP) is 2.59. The number of aromatic carboxylic acids is 1. The van der Waals surface area contributed by atoms with E-state index in [1.54, 1.807) is 6.07 Å². The van der Waals surface area contributed by atoms with Crippen molar-refractivity contribution in [3.63, 3.8) is 0 Å². The first kappa shape index (κ1) is 13.8. The van der Waals surface area contributed by atoms with Gasteiger partial charge in [0.15, 0.2) is 9.92 Å². The van der Waals surface area contributed by atoms with Gasteiger partial charge in [-0.1, -0.05) is 11.3 Å². The molecule has 7 nitrogen and oxygen atoms in total. The Morgan fingerprint density at radius 2 is 2.19 bits per heavy atom. The molecule has 0 radical (unpaired) electrons. The second-order valence-electron chi connectivity index (χ2n) is 4.31. The van der Waals surface area contributed by atoms with Gasteiger partial charge in [0.05, 0.1) is 5.56 Å². The van der Waals surface area contributed by atoms with Crippen molar-refractivity contribution in [2.45, 2.75) is 9.56 Å². The zero-order valence-corrected chi connectivity index (χ0v) is 12.7. The Morgan fingerprint density at radius 3 is 2.86 bits per heavy atom. The SMILES string of the molecule is CN(C)c1nnc(Sc2nc3ccc(C(=O)O)cc3o2)s1. The Balaban J connectivity index is 1.88. The van der Waals surface area contributed by atoms with E-state index in [0.29, 0.717) is 20.7 Å². The highest BCUT2D eigenvalue weighted by molar-refractivity contribution is 8.00. The largest absolute Gasteiger partial charge is 0.478 e. The molecule has 0 aliphatic heterocycles. The molecule has 1 N–H and O–H groups in total. The van der Waals surface area contributed by atoms with E-state index >= 15 is 0 Å². The molecule has 0 saturated carbocycles. The van der Waals surface area contributed by atoms with E-state index < -0.39 is 5.97 Å². The van der Waals surface area contributed by atoms with Gasteiger partial charge < -0.3 is 14.4 Å². The van der Waals surface area contributed by atoms with E-state index in [-0.39, 0.29) is 5.56 Å². The van der Waals surface area contributed by atoms with Crippen LogP contribution in [0.2, 0.25) is 0 Å². The average Bonchev–Trinajstić information content (AvgIpc) is 3.03. The first-order chi connectivity index (χ1) is 10.0. The summed E-state index contributed by atoms with van der Waals surface area (Å²) in [6.07, 6.45) is 0. The maximum Gasteiger partial charge on any atom is 0.335 e. The van der Waals surface area contributed by atoms with Crippen LogP contribution in [-0.4, -0.2) is 40.4 Å². The van der Waals surface area contributed by atoms with Crippen LogP contribution in [0.4, 0.5) is 5.13 Å². The molecule has 21 heavy (non-hydrogen) atoms. The molecule has 2 heterocycles. The van der Waals surface area contributed by atoms with Gasteiger partial charge in [0.25, 0.3) is 5.22 Å². The minimum atomic E-state index is -0.998. The van der Waals surface area contributed by atoms with Crippen LogP contribution in [0.1, 0.15) is 10.4 Å². The minimum Gasteiger partial charge on any atom is -0.478 e. The van der Waals surface area contributed by atoms with E-state index in [2.05, 4.69) is 15.2 Å². The highest BCUT2D eigenvalue weighted by Gasteiger charge is 2.13. The zero-order valence-electron chi connectivity index (χ0n) is 11.1. The molecule has 0 aliphatic carbocycles. The molecule has 0 unspecified atom stereocenters. The fourth-order valence-corrected chi connectivity index (χ4v) is 3.19. The van der Waals surface area contributed by atoms with Crippen molar-refractivity contribution >= 4 is 45.3 Å². The third-order valence-corrected chi connectivity index (χ3v) is 4.56. The van der Waals surface area contributed by atoms with Crippen molar-refractivity contribution in [1.29, 1.82) is 0 Å². The smallest absolute Gasteiger partial charge is 0.335 e. The quantitative estimate of drug-likeness (QED) is 0.783. The lowest BCUT2D eigenvalue weighted by Crippen LogP contribution is -2.07. The van der Waals surface area contributed by atoms with Crippen molar-refractivity contribution in [2.75, 3.05) is 19.0 Å². The molecule has 2 aromatic heterocycles. The predicted molar refractivity (Wildman–Crippen MR) is 79.3 cm³/mol. The van der Waals surface area contributed by atoms with Crippen LogP contribution in [0.25, 0.3) is 11.1 Å². The Labute approximate surface area is 127 Å². The van der Waals surface area contributed by atoms with Gasteiger partial charge in [0.1, 0.15) is 5.52 Å². The molecule has 0 aliphatic rings. The van der Waals surface area contributed by atoms with Crippen LogP contribution in [0.5, 0.6) is 0 Å². The summed E-state index contributed by atoms with van der Waals surface area (Å²) in [5.41, 5.74) is 1.22. The average molecular weight is 322 g/mol. The van der Waals surface area contributed by atoms with Crippen molar-refractivity contribution in [3.05, 3.63) is 23.8 Å². The number of anilines is 1. The summed E-state index contributed by atoms with van der Waals surface area (Å²) in [4.78, 5) is 17.1. The second kappa shape index (κ2) is 5.34. The maximum absolute atomic E-state index is 10.9. The van der Waals surface area contributed by atoms with Crippen molar-refractivity contribution in [3.8, 4) is 0 Å². The number of hydrogen-bond donors (Lipinski definition) is 1. The maximum atomic E-state index is 10.9. The Bertz CT molecular complexity index is 812. The first-order valence-electron chi connectivity index (χ1n) is 5.85. The molecule has 0 bridgehead atoms. The molecule has 0 spiro atoms. The lowest BCUT2D eigenvalue weighted by Gasteiger charge is -2.03. The monoisotopic (exact) mass is 322 g/mol. The summed E-state index contributed by atoms with van der Waals surface area (Å²) < 4.78 is 6.26. The Hall–Kier alpha value is -2.13. The summed E-state index contributed by atoms with van der Waals surface area (Å²) >= 11 is 2.69. The molecule has 0 saturated heterocycles. The number of carboxylic acid groups (broad SMARTS) is 1. The van der Waals surface area contributed by atoms with Gasteiger partial charge >= 0.3 is 5.97 Å². The minimum absolute atomic E-state index is 0.168. The van der Waals surface area contributed by atoms with Crippen LogP contribution in [0.15, 0.2) is 32.2 Å². The van der Waals surface area contributed by atoms with Gasteiger partial charge in [0, 0.05) is 25.9 Å². The summed E-state index contributed by atoms with van der Waals surface area (Å²) in [5, 5.41) is 18.2. The topological polar surface area (TPSA) is 92.4 Å². The lowest BCUT2D eigenvalue weighted by atomic mass is 10.2. The molecular formula is C12H10N4O3S2. The highest BCUT2D eigenvalue weighted by atomic mass is 32.2. The molecule has 9 heteroatoms. The molecular weight excluding hydrogens is 312 g/mol. The van der Waals surface area contributed by atoms with E-state index in [1.165, 1.54) is 35.2 Å². The summed E-state index contributed by atoms with van der Waals surface area (Å²) in [6, 6.07) is 4.58. The normalized spacial score (nSPS) is 11.0. The summed E-state index contributed by atoms with van der Waals surface area (Å²) in [7, 11) is 3.78. The number of nitrogens with zero attached hydrogens (tertiary/aromatic N) is 4. The van der Waals surface area contributed by atoms with Crippen molar-refractivity contribution < 1.29 is 14.3 Å². The number of aromatic nitrogens is 3. The van der Waals surface area contributed by atoms with Crippen LogP contribution in [0, 0.1) is 0 Å². The summed E-state index contributed by atoms with van der Waals surface area (Å²) in [6.45, 7) is 0. The van der Waals surface area contributed by atoms with Gasteiger partial charge in [-0.3, -0.25) is 0 Å². The van der Waals surface area contributed by atoms with E-state index in [9.17, 15) is 4.79 Å². The lowest BCUT2D eigenvalue weighted by molar-refractivity contribution is 0.0697. The fourth-order valence-electron chi connectivity index (χ4n) is 1.58. The molecule has 0 amide bonds. The molecule has 108 valence electrons. The standard InChI is InChI=1S/C12H10N4O3S2/c1-16(2)10-14-15-12(20-10)21-11-13-7-4-3-6(9(17)18)5-8(7)19-11/h3-5H,1-2H3,(H,17,18).